The van der Waals surface area contributed by atoms with E-state index in [-0.39, 0.29) is 12.4 Å². The second-order valence-electron chi connectivity index (χ2n) is 4.69. The van der Waals surface area contributed by atoms with Gasteiger partial charge in [-0.2, -0.15) is 0 Å². The fourth-order valence-electron chi connectivity index (χ4n) is 1.81. The molecular formula is C17H18O3. The zero-order valence-electron chi connectivity index (χ0n) is 12.0. The van der Waals surface area contributed by atoms with Crippen LogP contribution in [-0.4, -0.2) is 19.5 Å². The van der Waals surface area contributed by atoms with Crippen molar-refractivity contribution in [3.63, 3.8) is 0 Å². The molecule has 0 aliphatic carbocycles. The number of ether oxygens (including phenoxy) is 2. The summed E-state index contributed by atoms with van der Waals surface area (Å²) < 4.78 is 10.6. The highest BCUT2D eigenvalue weighted by atomic mass is 16.5. The Labute approximate surface area is 119 Å². The lowest BCUT2D eigenvalue weighted by Gasteiger charge is -2.08. The van der Waals surface area contributed by atoms with Crippen LogP contribution in [0.15, 0.2) is 42.5 Å². The Morgan fingerprint density at radius 2 is 1.60 bits per heavy atom. The van der Waals surface area contributed by atoms with E-state index >= 15 is 0 Å². The average Bonchev–Trinajstić information content (AvgIpc) is 2.48. The van der Waals surface area contributed by atoms with Gasteiger partial charge in [0.1, 0.15) is 11.5 Å². The minimum absolute atomic E-state index is 0.0365. The van der Waals surface area contributed by atoms with Crippen LogP contribution in [0.1, 0.15) is 21.5 Å². The lowest BCUT2D eigenvalue weighted by Crippen LogP contribution is -2.11. The van der Waals surface area contributed by atoms with Gasteiger partial charge in [-0.1, -0.05) is 6.07 Å². The van der Waals surface area contributed by atoms with Crippen LogP contribution in [-0.2, 0) is 0 Å². The van der Waals surface area contributed by atoms with Crippen LogP contribution in [0.25, 0.3) is 0 Å². The molecule has 0 spiro atoms. The molecule has 0 saturated heterocycles. The third-order valence-electron chi connectivity index (χ3n) is 3.26. The highest BCUT2D eigenvalue weighted by molar-refractivity contribution is 5.97. The molecule has 3 nitrogen and oxygen atoms in total. The number of carbonyl (C=O) groups is 1. The molecule has 0 amide bonds. The Kier molecular flexibility index (Phi) is 4.41. The molecule has 104 valence electrons. The summed E-state index contributed by atoms with van der Waals surface area (Å²) in [5.74, 6) is 1.40. The minimum Gasteiger partial charge on any atom is -0.497 e. The van der Waals surface area contributed by atoms with E-state index < -0.39 is 0 Å². The summed E-state index contributed by atoms with van der Waals surface area (Å²) in [7, 11) is 1.60. The first-order valence-corrected chi connectivity index (χ1v) is 6.47. The van der Waals surface area contributed by atoms with E-state index in [0.717, 1.165) is 17.1 Å². The van der Waals surface area contributed by atoms with Gasteiger partial charge in [-0.3, -0.25) is 4.79 Å². The number of Topliss-reactive ketones (excluding diaryl/α,β-unsaturated/α-hetero) is 1. The maximum Gasteiger partial charge on any atom is 0.200 e. The van der Waals surface area contributed by atoms with Gasteiger partial charge in [-0.25, -0.2) is 0 Å². The number of rotatable bonds is 5. The third kappa shape index (κ3) is 3.38. The first kappa shape index (κ1) is 14.1. The van der Waals surface area contributed by atoms with Gasteiger partial charge >= 0.3 is 0 Å². The number of benzene rings is 2. The van der Waals surface area contributed by atoms with Gasteiger partial charge in [-0.05, 0) is 61.4 Å². The Bertz CT molecular complexity index is 600. The number of hydrogen-bond acceptors (Lipinski definition) is 3. The van der Waals surface area contributed by atoms with E-state index in [1.807, 2.05) is 32.0 Å². The standard InChI is InChI=1S/C17H18O3/c1-12-4-7-16(10-13(12)2)20-11-17(18)14-5-8-15(19-3)9-6-14/h4-10H,11H2,1-3H3. The minimum atomic E-state index is -0.0501. The molecule has 2 rings (SSSR count). The lowest BCUT2D eigenvalue weighted by molar-refractivity contribution is 0.0921. The van der Waals surface area contributed by atoms with Crippen molar-refractivity contribution >= 4 is 5.78 Å². The number of ketones is 1. The first-order valence-electron chi connectivity index (χ1n) is 6.47. The van der Waals surface area contributed by atoms with Crippen molar-refractivity contribution in [2.75, 3.05) is 13.7 Å². The topological polar surface area (TPSA) is 35.5 Å². The predicted octanol–water partition coefficient (Wildman–Crippen LogP) is 3.57. The Hall–Kier alpha value is -2.29. The van der Waals surface area contributed by atoms with Crippen LogP contribution in [0.4, 0.5) is 0 Å². The van der Waals surface area contributed by atoms with Gasteiger partial charge in [0.25, 0.3) is 0 Å². The molecule has 0 aromatic heterocycles. The molecule has 3 heteroatoms. The molecule has 0 saturated carbocycles. The number of aryl methyl sites for hydroxylation is 2. The van der Waals surface area contributed by atoms with Gasteiger partial charge in [0.2, 0.25) is 0 Å². The summed E-state index contributed by atoms with van der Waals surface area (Å²) in [4.78, 5) is 12.0. The van der Waals surface area contributed by atoms with Gasteiger partial charge in [-0.15, -0.1) is 0 Å². The van der Waals surface area contributed by atoms with E-state index in [2.05, 4.69) is 0 Å². The van der Waals surface area contributed by atoms with Gasteiger partial charge in [0, 0.05) is 5.56 Å². The van der Waals surface area contributed by atoms with Crippen molar-refractivity contribution in [1.82, 2.24) is 0 Å². The zero-order valence-corrected chi connectivity index (χ0v) is 12.0. The highest BCUT2D eigenvalue weighted by Gasteiger charge is 2.07. The van der Waals surface area contributed by atoms with Crippen molar-refractivity contribution in [3.05, 3.63) is 59.2 Å². The van der Waals surface area contributed by atoms with Crippen LogP contribution in [0, 0.1) is 13.8 Å². The number of methoxy groups -OCH3 is 1. The van der Waals surface area contributed by atoms with Gasteiger partial charge < -0.3 is 9.47 Å². The predicted molar refractivity (Wildman–Crippen MR) is 78.7 cm³/mol. The Balaban J connectivity index is 1.98. The SMILES string of the molecule is COc1ccc(C(=O)COc2ccc(C)c(C)c2)cc1. The largest absolute Gasteiger partial charge is 0.497 e. The van der Waals surface area contributed by atoms with Crippen molar-refractivity contribution < 1.29 is 14.3 Å². The molecule has 0 fully saturated rings. The van der Waals surface area contributed by atoms with Crippen molar-refractivity contribution in [1.29, 1.82) is 0 Å². The van der Waals surface area contributed by atoms with E-state index in [9.17, 15) is 4.79 Å². The summed E-state index contributed by atoms with van der Waals surface area (Å²) in [6.45, 7) is 4.10. The molecular weight excluding hydrogens is 252 g/mol. The van der Waals surface area contributed by atoms with Crippen molar-refractivity contribution in [3.8, 4) is 11.5 Å². The molecule has 0 radical (unpaired) electrons. The first-order chi connectivity index (χ1) is 9.60. The van der Waals surface area contributed by atoms with Crippen LogP contribution in [0.5, 0.6) is 11.5 Å². The second-order valence-corrected chi connectivity index (χ2v) is 4.69. The van der Waals surface area contributed by atoms with Gasteiger partial charge in [0.15, 0.2) is 12.4 Å². The Morgan fingerprint density at radius 3 is 2.20 bits per heavy atom. The summed E-state index contributed by atoms with van der Waals surface area (Å²) in [6.07, 6.45) is 0. The fraction of sp³-hybridized carbons (Fsp3) is 0.235. The summed E-state index contributed by atoms with van der Waals surface area (Å²) in [6, 6.07) is 12.8. The molecule has 0 N–H and O–H groups in total. The zero-order chi connectivity index (χ0) is 14.5. The summed E-state index contributed by atoms with van der Waals surface area (Å²) in [5.41, 5.74) is 2.98. The molecule has 0 unspecified atom stereocenters. The molecule has 0 atom stereocenters. The maximum absolute atomic E-state index is 12.0. The fourth-order valence-corrected chi connectivity index (χ4v) is 1.81. The molecule has 20 heavy (non-hydrogen) atoms. The summed E-state index contributed by atoms with van der Waals surface area (Å²) in [5, 5.41) is 0. The molecule has 2 aromatic rings. The molecule has 0 aliphatic heterocycles. The molecule has 0 aliphatic rings. The van der Waals surface area contributed by atoms with E-state index in [0.29, 0.717) is 5.56 Å². The third-order valence-corrected chi connectivity index (χ3v) is 3.26. The number of carbonyl (C=O) groups excluding carboxylic acids is 1. The Morgan fingerprint density at radius 1 is 0.950 bits per heavy atom. The maximum atomic E-state index is 12.0. The second kappa shape index (κ2) is 6.24. The number of hydrogen-bond donors (Lipinski definition) is 0. The van der Waals surface area contributed by atoms with E-state index in [1.165, 1.54) is 5.56 Å². The van der Waals surface area contributed by atoms with Crippen LogP contribution >= 0.6 is 0 Å². The lowest BCUT2D eigenvalue weighted by atomic mass is 10.1. The molecule has 2 aromatic carbocycles. The summed E-state index contributed by atoms with van der Waals surface area (Å²) >= 11 is 0. The molecule has 0 heterocycles. The van der Waals surface area contributed by atoms with Crippen LogP contribution in [0.3, 0.4) is 0 Å². The van der Waals surface area contributed by atoms with Crippen LogP contribution < -0.4 is 9.47 Å². The van der Waals surface area contributed by atoms with Crippen molar-refractivity contribution in [2.45, 2.75) is 13.8 Å². The normalized spacial score (nSPS) is 10.2. The highest BCUT2D eigenvalue weighted by Crippen LogP contribution is 2.17. The van der Waals surface area contributed by atoms with Crippen molar-refractivity contribution in [2.24, 2.45) is 0 Å². The quantitative estimate of drug-likeness (QED) is 0.779. The monoisotopic (exact) mass is 270 g/mol. The average molecular weight is 270 g/mol. The van der Waals surface area contributed by atoms with E-state index in [4.69, 9.17) is 9.47 Å². The van der Waals surface area contributed by atoms with E-state index in [1.54, 1.807) is 31.4 Å². The van der Waals surface area contributed by atoms with Crippen LogP contribution in [0.2, 0.25) is 0 Å². The van der Waals surface area contributed by atoms with Gasteiger partial charge in [0.05, 0.1) is 7.11 Å². The molecule has 0 bridgehead atoms. The smallest absolute Gasteiger partial charge is 0.200 e.